The molecule has 3 aromatic heterocycles. The first-order valence-electron chi connectivity index (χ1n) is 14.5. The third-order valence-electron chi connectivity index (χ3n) is 7.34. The number of rotatable bonds is 10. The smallest absolute Gasteiger partial charge is 0.271 e. The summed E-state index contributed by atoms with van der Waals surface area (Å²) in [6.45, 7) is 1.87. The number of fused-ring (bicyclic) bond motifs is 1. The monoisotopic (exact) mass is 671 g/mol. The van der Waals surface area contributed by atoms with Crippen LogP contribution in [0.15, 0.2) is 113 Å². The second-order valence-electron chi connectivity index (χ2n) is 10.3. The highest BCUT2D eigenvalue weighted by molar-refractivity contribution is 7.89. The zero-order valence-corrected chi connectivity index (χ0v) is 26.3. The summed E-state index contributed by atoms with van der Waals surface area (Å²) in [7, 11) is -2.38. The molecule has 0 saturated heterocycles. The van der Waals surface area contributed by atoms with Crippen LogP contribution in [0.1, 0.15) is 17.3 Å². The van der Waals surface area contributed by atoms with Crippen molar-refractivity contribution in [2.45, 2.75) is 11.8 Å². The van der Waals surface area contributed by atoms with Crippen LogP contribution in [0.2, 0.25) is 0 Å². The Hall–Kier alpha value is -5.86. The van der Waals surface area contributed by atoms with Crippen LogP contribution >= 0.6 is 0 Å². The van der Waals surface area contributed by atoms with E-state index in [9.17, 15) is 22.4 Å². The van der Waals surface area contributed by atoms with Crippen LogP contribution in [0.3, 0.4) is 0 Å². The van der Waals surface area contributed by atoms with Crippen molar-refractivity contribution in [3.8, 4) is 34.1 Å². The van der Waals surface area contributed by atoms with Crippen molar-refractivity contribution >= 4 is 27.1 Å². The number of nitrogens with one attached hydrogen (secondary N) is 2. The average molecular weight is 672 g/mol. The van der Waals surface area contributed by atoms with Gasteiger partial charge in [-0.25, -0.2) is 26.4 Å². The molecular weight excluding hydrogens is 644 g/mol. The van der Waals surface area contributed by atoms with Crippen LogP contribution in [0.4, 0.5) is 14.5 Å². The molecule has 1 amide bonds. The van der Waals surface area contributed by atoms with E-state index in [0.717, 1.165) is 6.07 Å². The zero-order valence-electron chi connectivity index (χ0n) is 25.5. The molecule has 6 rings (SSSR count). The Balaban J connectivity index is 1.29. The quantitative estimate of drug-likeness (QED) is 0.189. The van der Waals surface area contributed by atoms with E-state index in [2.05, 4.69) is 15.1 Å². The van der Waals surface area contributed by atoms with Gasteiger partial charge < -0.3 is 14.8 Å². The molecule has 0 unspecified atom stereocenters. The Morgan fingerprint density at radius 1 is 0.917 bits per heavy atom. The van der Waals surface area contributed by atoms with Gasteiger partial charge in [-0.15, -0.1) is 0 Å². The second kappa shape index (κ2) is 13.1. The lowest BCUT2D eigenvalue weighted by Crippen LogP contribution is -2.29. The van der Waals surface area contributed by atoms with Crippen molar-refractivity contribution in [3.63, 3.8) is 0 Å². The first-order valence-corrected chi connectivity index (χ1v) is 16.0. The van der Waals surface area contributed by atoms with Gasteiger partial charge in [-0.2, -0.15) is 5.10 Å². The van der Waals surface area contributed by atoms with Crippen molar-refractivity contribution in [2.75, 3.05) is 19.0 Å². The summed E-state index contributed by atoms with van der Waals surface area (Å²) in [5, 5.41) is 6.82. The SMILES string of the molecule is CCOc1ccn(-c2ccc(F)cc2)c(=O)c1C(=O)Nc1ccc(Oc2ccnn3ccc(-c4cccc(S(=O)(=O)NC)c4)c23)c(F)c1. The van der Waals surface area contributed by atoms with Gasteiger partial charge in [0.2, 0.25) is 10.0 Å². The summed E-state index contributed by atoms with van der Waals surface area (Å²) in [6, 6.07) is 20.0. The minimum absolute atomic E-state index is 0.0255. The molecule has 0 bridgehead atoms. The fourth-order valence-corrected chi connectivity index (χ4v) is 5.84. The Bertz CT molecular complexity index is 2340. The van der Waals surface area contributed by atoms with Crippen LogP contribution in [0, 0.1) is 11.6 Å². The molecular formula is C34H27F2N5O6S. The number of halogens is 2. The number of carbonyl (C=O) groups is 1. The van der Waals surface area contributed by atoms with E-state index >= 15 is 4.39 Å². The van der Waals surface area contributed by atoms with Gasteiger partial charge in [0.05, 0.1) is 17.7 Å². The standard InChI is InChI=1S/C34H27F2N5O6S/c1-3-46-29-15-17-40(24-10-7-22(35)8-11-24)34(43)31(29)33(42)39-23-9-12-28(27(36)20-23)47-30-13-16-38-41-18-14-26(32(30)41)21-5-4-6-25(19-21)48(44,45)37-2/h4-20,37H,3H2,1-2H3,(H,39,42). The van der Waals surface area contributed by atoms with E-state index < -0.39 is 33.1 Å². The second-order valence-corrected chi connectivity index (χ2v) is 12.2. The lowest BCUT2D eigenvalue weighted by Gasteiger charge is -2.14. The number of pyridine rings is 1. The topological polar surface area (TPSA) is 133 Å². The van der Waals surface area contributed by atoms with E-state index in [1.165, 1.54) is 83.1 Å². The van der Waals surface area contributed by atoms with Crippen LogP contribution in [0.25, 0.3) is 22.3 Å². The van der Waals surface area contributed by atoms with Gasteiger partial charge >= 0.3 is 0 Å². The fraction of sp³-hybridized carbons (Fsp3) is 0.0882. The molecule has 3 aromatic carbocycles. The lowest BCUT2D eigenvalue weighted by atomic mass is 10.1. The van der Waals surface area contributed by atoms with E-state index in [1.54, 1.807) is 37.4 Å². The Labute approximate surface area is 273 Å². The first-order chi connectivity index (χ1) is 23.1. The van der Waals surface area contributed by atoms with Gasteiger partial charge in [0.25, 0.3) is 11.5 Å². The number of sulfonamides is 1. The molecule has 0 atom stereocenters. The van der Waals surface area contributed by atoms with Gasteiger partial charge in [-0.1, -0.05) is 12.1 Å². The summed E-state index contributed by atoms with van der Waals surface area (Å²) < 4.78 is 70.2. The van der Waals surface area contributed by atoms with Crippen molar-refractivity contribution in [3.05, 3.63) is 131 Å². The number of hydrogen-bond donors (Lipinski definition) is 2. The number of benzene rings is 3. The Morgan fingerprint density at radius 2 is 1.71 bits per heavy atom. The summed E-state index contributed by atoms with van der Waals surface area (Å²) in [4.78, 5) is 26.8. The number of nitrogens with zero attached hydrogens (tertiary/aromatic N) is 3. The maximum atomic E-state index is 15.5. The minimum atomic E-state index is -3.71. The molecule has 11 nitrogen and oxygen atoms in total. The highest BCUT2D eigenvalue weighted by Crippen LogP contribution is 2.36. The van der Waals surface area contributed by atoms with Crippen LogP contribution in [-0.2, 0) is 10.0 Å². The summed E-state index contributed by atoms with van der Waals surface area (Å²) >= 11 is 0. The molecule has 0 aliphatic heterocycles. The van der Waals surface area contributed by atoms with E-state index in [0.29, 0.717) is 22.3 Å². The number of aromatic nitrogens is 3. The fourth-order valence-electron chi connectivity index (χ4n) is 5.06. The van der Waals surface area contributed by atoms with Gasteiger partial charge in [0.1, 0.15) is 22.6 Å². The number of amides is 1. The highest BCUT2D eigenvalue weighted by Gasteiger charge is 2.22. The average Bonchev–Trinajstić information content (AvgIpc) is 3.52. The summed E-state index contributed by atoms with van der Waals surface area (Å²) in [5.74, 6) is -2.07. The van der Waals surface area contributed by atoms with Gasteiger partial charge in [0, 0.05) is 41.5 Å². The number of ether oxygens (including phenoxy) is 2. The van der Waals surface area contributed by atoms with Crippen molar-refractivity contribution in [2.24, 2.45) is 0 Å². The van der Waals surface area contributed by atoms with Gasteiger partial charge in [-0.05, 0) is 80.2 Å². The van der Waals surface area contributed by atoms with Crippen LogP contribution in [-0.4, -0.2) is 42.2 Å². The van der Waals surface area contributed by atoms with Crippen molar-refractivity contribution in [1.29, 1.82) is 0 Å². The molecule has 48 heavy (non-hydrogen) atoms. The maximum Gasteiger partial charge on any atom is 0.271 e. The number of anilines is 1. The molecule has 2 N–H and O–H groups in total. The van der Waals surface area contributed by atoms with Gasteiger partial charge in [-0.3, -0.25) is 14.2 Å². The van der Waals surface area contributed by atoms with Crippen molar-refractivity contribution in [1.82, 2.24) is 18.9 Å². The molecule has 0 spiro atoms. The third kappa shape index (κ3) is 6.26. The molecule has 0 radical (unpaired) electrons. The molecule has 3 heterocycles. The largest absolute Gasteiger partial charge is 0.493 e. The normalized spacial score (nSPS) is 11.4. The third-order valence-corrected chi connectivity index (χ3v) is 8.75. The summed E-state index contributed by atoms with van der Waals surface area (Å²) in [5.41, 5.74) is 0.942. The predicted octanol–water partition coefficient (Wildman–Crippen LogP) is 5.78. The van der Waals surface area contributed by atoms with E-state index in [1.807, 2.05) is 0 Å². The highest BCUT2D eigenvalue weighted by atomic mass is 32.2. The molecule has 0 saturated carbocycles. The molecule has 6 aromatic rings. The Kier molecular flexibility index (Phi) is 8.76. The Morgan fingerprint density at radius 3 is 2.44 bits per heavy atom. The first kappa shape index (κ1) is 32.1. The molecule has 0 aliphatic rings. The number of carbonyl (C=O) groups excluding carboxylic acids is 1. The molecule has 0 fully saturated rings. The van der Waals surface area contributed by atoms with Crippen molar-refractivity contribution < 1.29 is 31.5 Å². The van der Waals surface area contributed by atoms with E-state index in [-0.39, 0.29) is 40.0 Å². The van der Waals surface area contributed by atoms with Gasteiger partial charge in [0.15, 0.2) is 17.3 Å². The minimum Gasteiger partial charge on any atom is -0.493 e. The molecule has 0 aliphatic carbocycles. The molecule has 244 valence electrons. The van der Waals surface area contributed by atoms with Crippen LogP contribution in [0.5, 0.6) is 17.2 Å². The molecule has 14 heteroatoms. The number of hydrogen-bond acceptors (Lipinski definition) is 7. The maximum absolute atomic E-state index is 15.5. The predicted molar refractivity (Wildman–Crippen MR) is 174 cm³/mol. The summed E-state index contributed by atoms with van der Waals surface area (Å²) in [6.07, 6.45) is 4.54. The zero-order chi connectivity index (χ0) is 34.0. The van der Waals surface area contributed by atoms with E-state index in [4.69, 9.17) is 9.47 Å². The van der Waals surface area contributed by atoms with Crippen LogP contribution < -0.4 is 25.1 Å². The lowest BCUT2D eigenvalue weighted by molar-refractivity contribution is 0.102.